The third-order valence-electron chi connectivity index (χ3n) is 0.969. The van der Waals surface area contributed by atoms with Gasteiger partial charge in [-0.05, 0) is 12.8 Å². The third kappa shape index (κ3) is 4.01. The van der Waals surface area contributed by atoms with Crippen molar-refractivity contribution in [2.24, 2.45) is 0 Å². The van der Waals surface area contributed by atoms with E-state index in [1.165, 1.54) is 0 Å². The smallest absolute Gasteiger partial charge is 0.158 e. The summed E-state index contributed by atoms with van der Waals surface area (Å²) in [6.07, 6.45) is 3.80. The second-order valence-corrected chi connectivity index (χ2v) is 2.91. The minimum absolute atomic E-state index is 0.255. The third-order valence-corrected chi connectivity index (χ3v) is 1.59. The van der Waals surface area contributed by atoms with Crippen LogP contribution in [-0.4, -0.2) is 5.66 Å². The van der Waals surface area contributed by atoms with E-state index in [9.17, 15) is 4.57 Å². The van der Waals surface area contributed by atoms with Crippen LogP contribution in [0.5, 0.6) is 0 Å². The number of rotatable bonds is 4. The Morgan fingerprint density at radius 1 is 1.88 bits per heavy atom. The number of allylic oxidation sites excluding steroid dienone is 1. The lowest BCUT2D eigenvalue weighted by molar-refractivity contribution is 0.589. The van der Waals surface area contributed by atoms with Crippen molar-refractivity contribution in [1.29, 1.82) is 0 Å². The maximum absolute atomic E-state index is 10.1. The van der Waals surface area contributed by atoms with Crippen LogP contribution in [-0.2, 0) is 4.57 Å². The fourth-order valence-electron chi connectivity index (χ4n) is 0.412. The summed E-state index contributed by atoms with van der Waals surface area (Å²) in [5, 5.41) is 0. The molecule has 0 spiro atoms. The molecule has 2 heteroatoms. The number of hydrogen-bond acceptors (Lipinski definition) is 1. The van der Waals surface area contributed by atoms with Gasteiger partial charge in [-0.15, -0.1) is 6.58 Å². The molecule has 1 atom stereocenters. The Kier molecular flexibility index (Phi) is 4.89. The monoisotopic (exact) mass is 130 g/mol. The van der Waals surface area contributed by atoms with E-state index in [2.05, 4.69) is 6.58 Å². The average molecular weight is 130 g/mol. The van der Waals surface area contributed by atoms with Gasteiger partial charge in [0.15, 0.2) is 8.46 Å². The van der Waals surface area contributed by atoms with Crippen molar-refractivity contribution in [1.82, 2.24) is 0 Å². The van der Waals surface area contributed by atoms with Crippen molar-refractivity contribution in [3.05, 3.63) is 12.7 Å². The highest BCUT2D eigenvalue weighted by molar-refractivity contribution is 7.24. The minimum atomic E-state index is 0.255. The molecule has 0 saturated heterocycles. The Bertz CT molecular complexity index is 80.6. The lowest BCUT2D eigenvalue weighted by atomic mass is 10.2. The molecule has 0 aliphatic carbocycles. The second kappa shape index (κ2) is 4.99. The van der Waals surface area contributed by atoms with Crippen LogP contribution < -0.4 is 0 Å². The predicted molar refractivity (Wildman–Crippen MR) is 36.5 cm³/mol. The summed E-state index contributed by atoms with van der Waals surface area (Å²) in [4.78, 5) is 0. The molecule has 8 heavy (non-hydrogen) atoms. The standard InChI is InChI=1S/C6H11OP/c1-3-4-5-6(2)8-7/h3,6H,1,4-5H2,2H3/t6-/m1/s1. The minimum Gasteiger partial charge on any atom is -0.275 e. The van der Waals surface area contributed by atoms with Gasteiger partial charge in [-0.25, -0.2) is 0 Å². The zero-order chi connectivity index (χ0) is 6.41. The summed E-state index contributed by atoms with van der Waals surface area (Å²) in [7, 11) is 0.255. The normalized spacial score (nSPS) is 13.6. The summed E-state index contributed by atoms with van der Waals surface area (Å²) in [6, 6.07) is 0. The largest absolute Gasteiger partial charge is 0.275 e. The molecule has 0 aromatic rings. The first kappa shape index (κ1) is 7.84. The van der Waals surface area contributed by atoms with Crippen LogP contribution in [0.25, 0.3) is 0 Å². The SMILES string of the molecule is C=CCC[C@@H](C)P=O. The molecule has 0 N–H and O–H groups in total. The molecular weight excluding hydrogens is 119 g/mol. The van der Waals surface area contributed by atoms with E-state index in [4.69, 9.17) is 0 Å². The maximum Gasteiger partial charge on any atom is 0.158 e. The van der Waals surface area contributed by atoms with Gasteiger partial charge in [0.1, 0.15) is 0 Å². The van der Waals surface area contributed by atoms with Gasteiger partial charge in [-0.1, -0.05) is 13.0 Å². The first-order valence-corrected chi connectivity index (χ1v) is 3.62. The topological polar surface area (TPSA) is 17.1 Å². The van der Waals surface area contributed by atoms with Crippen LogP contribution in [0.4, 0.5) is 0 Å². The van der Waals surface area contributed by atoms with E-state index < -0.39 is 0 Å². The zero-order valence-electron chi connectivity index (χ0n) is 5.13. The van der Waals surface area contributed by atoms with Gasteiger partial charge in [0.05, 0.1) is 0 Å². The molecular formula is C6H11OP. The Morgan fingerprint density at radius 3 is 2.88 bits per heavy atom. The van der Waals surface area contributed by atoms with Crippen LogP contribution in [0.1, 0.15) is 19.8 Å². The molecule has 0 aromatic carbocycles. The van der Waals surface area contributed by atoms with Crippen LogP contribution in [0.2, 0.25) is 0 Å². The fourth-order valence-corrected chi connectivity index (χ4v) is 0.666. The van der Waals surface area contributed by atoms with Gasteiger partial charge in [0.25, 0.3) is 0 Å². The van der Waals surface area contributed by atoms with Gasteiger partial charge < -0.3 is 0 Å². The average Bonchev–Trinajstić information content (AvgIpc) is 1.83. The predicted octanol–water partition coefficient (Wildman–Crippen LogP) is 2.63. The zero-order valence-corrected chi connectivity index (χ0v) is 6.03. The van der Waals surface area contributed by atoms with E-state index in [0.717, 1.165) is 12.8 Å². The van der Waals surface area contributed by atoms with Gasteiger partial charge >= 0.3 is 0 Å². The molecule has 0 bridgehead atoms. The molecule has 0 saturated carbocycles. The molecule has 0 rings (SSSR count). The van der Waals surface area contributed by atoms with Crippen LogP contribution in [0, 0.1) is 0 Å². The molecule has 0 radical (unpaired) electrons. The summed E-state index contributed by atoms with van der Waals surface area (Å²) in [5.41, 5.74) is 0.299. The van der Waals surface area contributed by atoms with E-state index in [0.29, 0.717) is 5.66 Å². The molecule has 0 unspecified atom stereocenters. The van der Waals surface area contributed by atoms with E-state index in [-0.39, 0.29) is 8.46 Å². The molecule has 1 nitrogen and oxygen atoms in total. The number of hydrogen-bond donors (Lipinski definition) is 0. The summed E-state index contributed by atoms with van der Waals surface area (Å²) in [6.45, 7) is 5.52. The van der Waals surface area contributed by atoms with E-state index in [1.807, 2.05) is 13.0 Å². The first-order valence-electron chi connectivity index (χ1n) is 2.74. The van der Waals surface area contributed by atoms with Crippen molar-refractivity contribution >= 4 is 8.46 Å². The summed E-state index contributed by atoms with van der Waals surface area (Å²) >= 11 is 0. The van der Waals surface area contributed by atoms with E-state index >= 15 is 0 Å². The van der Waals surface area contributed by atoms with Crippen molar-refractivity contribution in [3.63, 3.8) is 0 Å². The molecule has 0 heterocycles. The van der Waals surface area contributed by atoms with Gasteiger partial charge in [-0.3, -0.25) is 4.57 Å². The molecule has 46 valence electrons. The van der Waals surface area contributed by atoms with Gasteiger partial charge in [0, 0.05) is 5.66 Å². The summed E-state index contributed by atoms with van der Waals surface area (Å²) < 4.78 is 10.1. The molecule has 0 fully saturated rings. The van der Waals surface area contributed by atoms with Crippen molar-refractivity contribution in [3.8, 4) is 0 Å². The second-order valence-electron chi connectivity index (χ2n) is 1.82. The Morgan fingerprint density at radius 2 is 2.50 bits per heavy atom. The highest BCUT2D eigenvalue weighted by Crippen LogP contribution is 2.11. The highest BCUT2D eigenvalue weighted by Gasteiger charge is 1.95. The molecule has 0 aromatic heterocycles. The van der Waals surface area contributed by atoms with E-state index in [1.54, 1.807) is 0 Å². The van der Waals surface area contributed by atoms with Gasteiger partial charge in [0.2, 0.25) is 0 Å². The molecule has 0 aliphatic heterocycles. The lowest BCUT2D eigenvalue weighted by Crippen LogP contribution is -1.87. The quantitative estimate of drug-likeness (QED) is 0.422. The Hall–Kier alpha value is -0.160. The van der Waals surface area contributed by atoms with Crippen molar-refractivity contribution in [2.75, 3.05) is 0 Å². The van der Waals surface area contributed by atoms with Crippen LogP contribution in [0.3, 0.4) is 0 Å². The fraction of sp³-hybridized carbons (Fsp3) is 0.667. The summed E-state index contributed by atoms with van der Waals surface area (Å²) in [5.74, 6) is 0. The van der Waals surface area contributed by atoms with Crippen LogP contribution in [0.15, 0.2) is 12.7 Å². The molecule has 0 aliphatic rings. The first-order chi connectivity index (χ1) is 3.81. The highest BCUT2D eigenvalue weighted by atomic mass is 31.1. The van der Waals surface area contributed by atoms with Gasteiger partial charge in [-0.2, -0.15) is 0 Å². The van der Waals surface area contributed by atoms with Crippen LogP contribution >= 0.6 is 8.46 Å². The maximum atomic E-state index is 10.1. The van der Waals surface area contributed by atoms with Crippen molar-refractivity contribution < 1.29 is 4.57 Å². The Balaban J connectivity index is 3.09. The van der Waals surface area contributed by atoms with Crippen molar-refractivity contribution in [2.45, 2.75) is 25.4 Å². The Labute approximate surface area is 52.0 Å². The lowest BCUT2D eigenvalue weighted by Gasteiger charge is -1.94. The molecule has 0 amide bonds.